The lowest BCUT2D eigenvalue weighted by atomic mass is 9.94. The van der Waals surface area contributed by atoms with Gasteiger partial charge in [0.05, 0.1) is 29.2 Å². The second-order valence-corrected chi connectivity index (χ2v) is 7.46. The van der Waals surface area contributed by atoms with E-state index in [1.807, 2.05) is 38.1 Å². The highest BCUT2D eigenvalue weighted by atomic mass is 32.2. The highest BCUT2D eigenvalue weighted by molar-refractivity contribution is 8.15. The van der Waals surface area contributed by atoms with Gasteiger partial charge in [0.15, 0.2) is 5.17 Å². The van der Waals surface area contributed by atoms with Crippen LogP contribution in [0.1, 0.15) is 32.4 Å². The van der Waals surface area contributed by atoms with E-state index in [2.05, 4.69) is 11.6 Å². The predicted octanol–water partition coefficient (Wildman–Crippen LogP) is 3.46. The summed E-state index contributed by atoms with van der Waals surface area (Å²) < 4.78 is 10.8. The molecule has 3 rings (SSSR count). The fraction of sp³-hybridized carbons (Fsp3) is 0.350. The van der Waals surface area contributed by atoms with Crippen LogP contribution in [0.4, 0.5) is 0 Å². The van der Waals surface area contributed by atoms with Crippen LogP contribution in [-0.2, 0) is 14.3 Å². The van der Waals surface area contributed by atoms with Gasteiger partial charge in [0.2, 0.25) is 5.91 Å². The van der Waals surface area contributed by atoms with Crippen molar-refractivity contribution in [2.75, 3.05) is 13.2 Å². The monoisotopic (exact) mass is 386 g/mol. The van der Waals surface area contributed by atoms with E-state index >= 15 is 0 Å². The molecule has 1 saturated heterocycles. The third-order valence-corrected chi connectivity index (χ3v) is 5.37. The minimum absolute atomic E-state index is 0.0702. The second-order valence-electron chi connectivity index (χ2n) is 6.15. The van der Waals surface area contributed by atoms with Gasteiger partial charge >= 0.3 is 5.97 Å². The number of amides is 1. The number of carbonyl (C=O) groups is 2. The number of ether oxygens (including phenoxy) is 2. The molecule has 0 radical (unpaired) electrons. The molecule has 6 nitrogen and oxygen atoms in total. The third-order valence-electron chi connectivity index (χ3n) is 4.32. The van der Waals surface area contributed by atoms with Crippen LogP contribution in [0.3, 0.4) is 0 Å². The Morgan fingerprint density at radius 2 is 2.07 bits per heavy atom. The first kappa shape index (κ1) is 19.2. The predicted molar refractivity (Wildman–Crippen MR) is 106 cm³/mol. The minimum Gasteiger partial charge on any atom is -0.494 e. The molecule has 2 heterocycles. The van der Waals surface area contributed by atoms with E-state index in [4.69, 9.17) is 9.47 Å². The van der Waals surface area contributed by atoms with Crippen LogP contribution in [0.25, 0.3) is 0 Å². The van der Waals surface area contributed by atoms with Gasteiger partial charge in [-0.1, -0.05) is 36.5 Å². The first-order chi connectivity index (χ1) is 13.0. The highest BCUT2D eigenvalue weighted by Crippen LogP contribution is 2.43. The number of benzene rings is 1. The van der Waals surface area contributed by atoms with Crippen molar-refractivity contribution >= 4 is 28.8 Å². The zero-order valence-electron chi connectivity index (χ0n) is 15.6. The Kier molecular flexibility index (Phi) is 5.70. The van der Waals surface area contributed by atoms with Gasteiger partial charge in [-0.05, 0) is 38.5 Å². The van der Waals surface area contributed by atoms with E-state index in [0.29, 0.717) is 23.0 Å². The lowest BCUT2D eigenvalue weighted by molar-refractivity contribution is -0.139. The summed E-state index contributed by atoms with van der Waals surface area (Å²) in [5, 5.41) is 0.370. The van der Waals surface area contributed by atoms with Crippen molar-refractivity contribution in [1.82, 2.24) is 4.90 Å². The van der Waals surface area contributed by atoms with Crippen LogP contribution in [0, 0.1) is 0 Å². The zero-order chi connectivity index (χ0) is 19.6. The van der Waals surface area contributed by atoms with Crippen LogP contribution in [0.15, 0.2) is 53.2 Å². The quantitative estimate of drug-likeness (QED) is 0.553. The van der Waals surface area contributed by atoms with Crippen LogP contribution in [0.2, 0.25) is 0 Å². The third kappa shape index (κ3) is 3.64. The molecule has 1 aromatic rings. The Hall–Kier alpha value is -2.54. The average molecular weight is 386 g/mol. The summed E-state index contributed by atoms with van der Waals surface area (Å²) in [5.74, 6) is 0.170. The molecule has 0 saturated carbocycles. The van der Waals surface area contributed by atoms with Gasteiger partial charge in [-0.15, -0.1) is 0 Å². The minimum atomic E-state index is -0.574. The van der Waals surface area contributed by atoms with E-state index < -0.39 is 12.0 Å². The molecule has 0 bridgehead atoms. The zero-order valence-corrected chi connectivity index (χ0v) is 16.4. The number of esters is 1. The maximum atomic E-state index is 12.8. The largest absolute Gasteiger partial charge is 0.494 e. The summed E-state index contributed by atoms with van der Waals surface area (Å²) in [6, 6.07) is 6.84. The molecule has 142 valence electrons. The van der Waals surface area contributed by atoms with Crippen molar-refractivity contribution in [1.29, 1.82) is 0 Å². The Labute approximate surface area is 162 Å². The lowest BCUT2D eigenvalue weighted by Gasteiger charge is -2.33. The van der Waals surface area contributed by atoms with Crippen molar-refractivity contribution in [2.24, 2.45) is 4.99 Å². The molecule has 0 spiro atoms. The Bertz CT molecular complexity index is 829. The summed E-state index contributed by atoms with van der Waals surface area (Å²) in [4.78, 5) is 31.6. The number of aliphatic imine (C=N–C) groups is 1. The number of rotatable bonds is 6. The van der Waals surface area contributed by atoms with Crippen LogP contribution in [-0.4, -0.2) is 40.4 Å². The molecule has 0 aromatic heterocycles. The molecule has 1 amide bonds. The normalized spacial score (nSPS) is 21.7. The average Bonchev–Trinajstić information content (AvgIpc) is 2.93. The maximum Gasteiger partial charge on any atom is 0.338 e. The molecule has 0 unspecified atom stereocenters. The SMILES string of the molecule is C=CCOC(=O)C1=C(C)N=C2S[C@H](C)C(=O)N2[C@@H]1c1ccc(OCC)cc1. The fourth-order valence-corrected chi connectivity index (χ4v) is 4.13. The number of carbonyl (C=O) groups excluding carboxylic acids is 2. The smallest absolute Gasteiger partial charge is 0.338 e. The van der Waals surface area contributed by atoms with Gasteiger partial charge < -0.3 is 9.47 Å². The van der Waals surface area contributed by atoms with Crippen LogP contribution >= 0.6 is 11.8 Å². The van der Waals surface area contributed by atoms with Crippen molar-refractivity contribution in [3.05, 3.63) is 53.8 Å². The van der Waals surface area contributed by atoms with E-state index in [9.17, 15) is 9.59 Å². The molecule has 1 fully saturated rings. The summed E-state index contributed by atoms with van der Waals surface area (Å²) in [5.41, 5.74) is 1.73. The summed E-state index contributed by atoms with van der Waals surface area (Å²) in [7, 11) is 0. The van der Waals surface area contributed by atoms with Gasteiger partial charge in [0.25, 0.3) is 0 Å². The molecular formula is C20H22N2O4S. The number of hydrogen-bond acceptors (Lipinski definition) is 6. The molecule has 0 N–H and O–H groups in total. The van der Waals surface area contributed by atoms with Gasteiger partial charge in [-0.25, -0.2) is 9.79 Å². The van der Waals surface area contributed by atoms with Gasteiger partial charge in [-0.2, -0.15) is 0 Å². The van der Waals surface area contributed by atoms with E-state index in [1.165, 1.54) is 17.8 Å². The van der Waals surface area contributed by atoms with E-state index in [1.54, 1.807) is 11.8 Å². The van der Waals surface area contributed by atoms with Crippen LogP contribution < -0.4 is 4.74 Å². The van der Waals surface area contributed by atoms with Gasteiger partial charge in [-0.3, -0.25) is 9.69 Å². The Morgan fingerprint density at radius 1 is 1.37 bits per heavy atom. The molecule has 2 aliphatic rings. The standard InChI is InChI=1S/C20H22N2O4S/c1-5-11-26-19(24)16-12(3)21-20-22(18(23)13(4)27-20)17(16)14-7-9-15(10-8-14)25-6-2/h5,7-10,13,17H,1,6,11H2,2-4H3/t13-,17-/m1/s1. The first-order valence-electron chi connectivity index (χ1n) is 8.77. The molecule has 27 heavy (non-hydrogen) atoms. The maximum absolute atomic E-state index is 12.8. The molecule has 7 heteroatoms. The topological polar surface area (TPSA) is 68.2 Å². The van der Waals surface area contributed by atoms with Gasteiger partial charge in [0, 0.05) is 0 Å². The lowest BCUT2D eigenvalue weighted by Crippen LogP contribution is -2.40. The summed E-state index contributed by atoms with van der Waals surface area (Å²) in [6.07, 6.45) is 1.51. The van der Waals surface area contributed by atoms with Crippen molar-refractivity contribution < 1.29 is 19.1 Å². The van der Waals surface area contributed by atoms with Crippen molar-refractivity contribution in [3.63, 3.8) is 0 Å². The van der Waals surface area contributed by atoms with Crippen molar-refractivity contribution in [3.8, 4) is 5.75 Å². The highest BCUT2D eigenvalue weighted by Gasteiger charge is 2.46. The Balaban J connectivity index is 2.06. The van der Waals surface area contributed by atoms with E-state index in [0.717, 1.165) is 11.3 Å². The molecular weight excluding hydrogens is 364 g/mol. The summed E-state index contributed by atoms with van der Waals surface area (Å²) in [6.45, 7) is 9.76. The number of thioether (sulfide) groups is 1. The molecule has 1 aromatic carbocycles. The number of fused-ring (bicyclic) bond motifs is 1. The number of nitrogens with zero attached hydrogens (tertiary/aromatic N) is 2. The molecule has 2 aliphatic heterocycles. The van der Waals surface area contributed by atoms with Gasteiger partial charge in [0.1, 0.15) is 12.4 Å². The first-order valence-corrected chi connectivity index (χ1v) is 9.65. The number of allylic oxidation sites excluding steroid dienone is 1. The summed E-state index contributed by atoms with van der Waals surface area (Å²) >= 11 is 1.40. The second kappa shape index (κ2) is 8.00. The van der Waals surface area contributed by atoms with Crippen molar-refractivity contribution in [2.45, 2.75) is 32.1 Å². The molecule has 2 atom stereocenters. The fourth-order valence-electron chi connectivity index (χ4n) is 3.10. The van der Waals surface area contributed by atoms with E-state index in [-0.39, 0.29) is 17.8 Å². The molecule has 0 aliphatic carbocycles. The van der Waals surface area contributed by atoms with Crippen LogP contribution in [0.5, 0.6) is 5.75 Å². The number of amidine groups is 1. The number of hydrogen-bond donors (Lipinski definition) is 0. The Morgan fingerprint density at radius 3 is 2.70 bits per heavy atom.